The van der Waals surface area contributed by atoms with E-state index in [1.54, 1.807) is 36.4 Å². The van der Waals surface area contributed by atoms with Gasteiger partial charge in [0, 0.05) is 35.3 Å². The van der Waals surface area contributed by atoms with Crippen LogP contribution in [0.2, 0.25) is 0 Å². The molecule has 2 aromatic carbocycles. The molecule has 1 aliphatic rings. The summed E-state index contributed by atoms with van der Waals surface area (Å²) in [6.45, 7) is 15.8. The van der Waals surface area contributed by atoms with E-state index >= 15 is 0 Å². The lowest BCUT2D eigenvalue weighted by Gasteiger charge is -2.20. The zero-order valence-electron chi connectivity index (χ0n) is 21.9. The third kappa shape index (κ3) is 7.94. The fourth-order valence-electron chi connectivity index (χ4n) is 4.32. The highest BCUT2D eigenvalue weighted by Gasteiger charge is 2.30. The predicted octanol–water partition coefficient (Wildman–Crippen LogP) is 5.53. The highest BCUT2D eigenvalue weighted by molar-refractivity contribution is 6.28. The minimum Gasteiger partial charge on any atom is -0.494 e. The van der Waals surface area contributed by atoms with Gasteiger partial charge in [-0.25, -0.2) is 0 Å². The van der Waals surface area contributed by atoms with Gasteiger partial charge in [0.15, 0.2) is 11.6 Å². The molecule has 0 radical (unpaired) electrons. The highest BCUT2D eigenvalue weighted by Crippen LogP contribution is 2.32. The molecule has 0 N–H and O–H groups in total. The first-order valence-corrected chi connectivity index (χ1v) is 12.6. The van der Waals surface area contributed by atoms with Crippen LogP contribution in [0.15, 0.2) is 36.4 Å². The topological polar surface area (TPSA) is 59.1 Å². The molecule has 6 nitrogen and oxygen atoms in total. The average molecular weight is 540 g/mol. The number of rotatable bonds is 14. The second-order valence-corrected chi connectivity index (χ2v) is 8.53. The van der Waals surface area contributed by atoms with E-state index in [1.807, 2.05) is 0 Å². The minimum absolute atomic E-state index is 0. The molecule has 0 bridgehead atoms. The first-order chi connectivity index (χ1) is 16.5. The third-order valence-corrected chi connectivity index (χ3v) is 6.52. The van der Waals surface area contributed by atoms with Crippen molar-refractivity contribution in [2.45, 2.75) is 40.5 Å². The molecule has 0 heterocycles. The van der Waals surface area contributed by atoms with Gasteiger partial charge in [0.05, 0.1) is 13.2 Å². The Morgan fingerprint density at radius 3 is 1.28 bits per heavy atom. The first-order valence-electron chi connectivity index (χ1n) is 12.6. The molecule has 0 atom stereocenters. The van der Waals surface area contributed by atoms with E-state index in [-0.39, 0.29) is 36.4 Å². The Morgan fingerprint density at radius 2 is 0.944 bits per heavy atom. The Morgan fingerprint density at radius 1 is 0.583 bits per heavy atom. The second kappa shape index (κ2) is 15.9. The lowest BCUT2D eigenvalue weighted by molar-refractivity contribution is 0.0978. The zero-order valence-corrected chi connectivity index (χ0v) is 23.5. The van der Waals surface area contributed by atoms with Crippen LogP contribution in [0.5, 0.6) is 11.5 Å². The van der Waals surface area contributed by atoms with Crippen molar-refractivity contribution in [2.24, 2.45) is 0 Å². The number of ether oxygens (including phenoxy) is 2. The van der Waals surface area contributed by atoms with Crippen molar-refractivity contribution in [2.75, 3.05) is 52.5 Å². The number of benzene rings is 2. The van der Waals surface area contributed by atoms with E-state index < -0.39 is 0 Å². The fourth-order valence-corrected chi connectivity index (χ4v) is 4.32. The molecular weight excluding hydrogens is 499 g/mol. The Kier molecular flexibility index (Phi) is 14.1. The van der Waals surface area contributed by atoms with Crippen molar-refractivity contribution in [1.82, 2.24) is 9.80 Å². The first kappa shape index (κ1) is 31.9. The Labute approximate surface area is 228 Å². The number of fused-ring (bicyclic) bond motifs is 2. The van der Waals surface area contributed by atoms with Gasteiger partial charge >= 0.3 is 0 Å². The van der Waals surface area contributed by atoms with Crippen LogP contribution in [0.1, 0.15) is 72.4 Å². The van der Waals surface area contributed by atoms with Crippen LogP contribution >= 0.6 is 24.8 Å². The Hall–Kier alpha value is -2.12. The van der Waals surface area contributed by atoms with Gasteiger partial charge in [-0.15, -0.1) is 24.8 Å². The molecule has 0 unspecified atom stereocenters. The van der Waals surface area contributed by atoms with Crippen molar-refractivity contribution in [3.8, 4) is 11.5 Å². The molecule has 200 valence electrons. The summed E-state index contributed by atoms with van der Waals surface area (Å²) in [6.07, 6.45) is 1.82. The molecule has 36 heavy (non-hydrogen) atoms. The van der Waals surface area contributed by atoms with Crippen molar-refractivity contribution >= 4 is 36.4 Å². The highest BCUT2D eigenvalue weighted by atomic mass is 35.5. The molecule has 0 spiro atoms. The molecule has 0 aliphatic heterocycles. The number of hydrogen-bond donors (Lipinski definition) is 0. The smallest absolute Gasteiger partial charge is 0.194 e. The van der Waals surface area contributed by atoms with Crippen LogP contribution < -0.4 is 9.47 Å². The standard InChI is InChI=1S/C28H38N2O4.2ClH/c1-5-29(6-2)15-9-17-33-21-11-13-23-25(19-21)27(31)24-14-12-22(20-26(24)28(23)32)34-18-10-16-30(7-3)8-4;;/h11-14,19-20H,5-10,15-18H2,1-4H3;2*1H. The van der Waals surface area contributed by atoms with Crippen molar-refractivity contribution in [1.29, 1.82) is 0 Å². The van der Waals surface area contributed by atoms with Gasteiger partial charge in [0.1, 0.15) is 11.5 Å². The van der Waals surface area contributed by atoms with E-state index in [0.29, 0.717) is 47.0 Å². The zero-order chi connectivity index (χ0) is 24.5. The fraction of sp³-hybridized carbons (Fsp3) is 0.500. The summed E-state index contributed by atoms with van der Waals surface area (Å²) >= 11 is 0. The van der Waals surface area contributed by atoms with Gasteiger partial charge in [-0.2, -0.15) is 0 Å². The SMILES string of the molecule is CCN(CC)CCCOc1ccc2c(c1)C(=O)c1ccc(OCCCN(CC)CC)cc1C2=O.Cl.Cl. The van der Waals surface area contributed by atoms with Gasteiger partial charge in [0.25, 0.3) is 0 Å². The molecule has 0 fully saturated rings. The summed E-state index contributed by atoms with van der Waals surface area (Å²) in [5, 5.41) is 0. The molecule has 0 amide bonds. The Bertz CT molecular complexity index is 912. The summed E-state index contributed by atoms with van der Waals surface area (Å²) in [6, 6.07) is 10.4. The third-order valence-electron chi connectivity index (χ3n) is 6.52. The summed E-state index contributed by atoms with van der Waals surface area (Å²) in [4.78, 5) is 31.0. The van der Waals surface area contributed by atoms with Crippen LogP contribution in [-0.4, -0.2) is 73.8 Å². The molecule has 2 aromatic rings. The maximum absolute atomic E-state index is 13.2. The van der Waals surface area contributed by atoms with Crippen LogP contribution in [0.3, 0.4) is 0 Å². The molecule has 1 aliphatic carbocycles. The monoisotopic (exact) mass is 538 g/mol. The predicted molar refractivity (Wildman–Crippen MR) is 150 cm³/mol. The van der Waals surface area contributed by atoms with E-state index in [0.717, 1.165) is 52.1 Å². The summed E-state index contributed by atoms with van der Waals surface area (Å²) in [5.41, 5.74) is 1.66. The van der Waals surface area contributed by atoms with Gasteiger partial charge < -0.3 is 19.3 Å². The van der Waals surface area contributed by atoms with E-state index in [9.17, 15) is 9.59 Å². The van der Waals surface area contributed by atoms with Crippen molar-refractivity contribution < 1.29 is 19.1 Å². The Balaban J connectivity index is 0.00000324. The van der Waals surface area contributed by atoms with Crippen molar-refractivity contribution in [3.05, 3.63) is 58.7 Å². The quantitative estimate of drug-likeness (QED) is 0.251. The summed E-state index contributed by atoms with van der Waals surface area (Å²) in [7, 11) is 0. The molecule has 0 saturated carbocycles. The number of hydrogen-bond acceptors (Lipinski definition) is 6. The molecular formula is C28H40Cl2N2O4. The van der Waals surface area contributed by atoms with Gasteiger partial charge in [-0.1, -0.05) is 27.7 Å². The number of ketones is 2. The summed E-state index contributed by atoms with van der Waals surface area (Å²) in [5.74, 6) is 0.949. The van der Waals surface area contributed by atoms with E-state index in [2.05, 4.69) is 37.5 Å². The van der Waals surface area contributed by atoms with Crippen LogP contribution in [0.25, 0.3) is 0 Å². The number of carbonyl (C=O) groups is 2. The van der Waals surface area contributed by atoms with Gasteiger partial charge in [-0.05, 0) is 75.4 Å². The van der Waals surface area contributed by atoms with Crippen LogP contribution in [-0.2, 0) is 0 Å². The molecule has 3 rings (SSSR count). The van der Waals surface area contributed by atoms with Crippen LogP contribution in [0, 0.1) is 0 Å². The number of nitrogens with zero attached hydrogens (tertiary/aromatic N) is 2. The van der Waals surface area contributed by atoms with Crippen molar-refractivity contribution in [3.63, 3.8) is 0 Å². The normalized spacial score (nSPS) is 12.1. The summed E-state index contributed by atoms with van der Waals surface area (Å²) < 4.78 is 11.8. The average Bonchev–Trinajstić information content (AvgIpc) is 2.87. The van der Waals surface area contributed by atoms with E-state index in [4.69, 9.17) is 9.47 Å². The van der Waals surface area contributed by atoms with Gasteiger partial charge in [0.2, 0.25) is 0 Å². The van der Waals surface area contributed by atoms with Crippen LogP contribution in [0.4, 0.5) is 0 Å². The second-order valence-electron chi connectivity index (χ2n) is 8.53. The van der Waals surface area contributed by atoms with E-state index in [1.165, 1.54) is 0 Å². The maximum Gasteiger partial charge on any atom is 0.194 e. The number of halogens is 2. The largest absolute Gasteiger partial charge is 0.494 e. The number of carbonyl (C=O) groups excluding carboxylic acids is 2. The minimum atomic E-state index is -0.147. The van der Waals surface area contributed by atoms with Gasteiger partial charge in [-0.3, -0.25) is 9.59 Å². The lowest BCUT2D eigenvalue weighted by atomic mass is 9.84. The molecule has 0 saturated heterocycles. The molecule has 8 heteroatoms. The lowest BCUT2D eigenvalue weighted by Crippen LogP contribution is -2.25. The molecule has 0 aromatic heterocycles. The maximum atomic E-state index is 13.2.